The van der Waals surface area contributed by atoms with Gasteiger partial charge < -0.3 is 20.1 Å². The van der Waals surface area contributed by atoms with Crippen molar-refractivity contribution < 1.29 is 19.1 Å². The summed E-state index contributed by atoms with van der Waals surface area (Å²) < 4.78 is 10.2. The van der Waals surface area contributed by atoms with E-state index >= 15 is 0 Å². The van der Waals surface area contributed by atoms with E-state index in [1.165, 1.54) is 7.11 Å². The van der Waals surface area contributed by atoms with Crippen LogP contribution in [0.4, 0.5) is 10.5 Å². The number of urea groups is 1. The minimum Gasteiger partial charge on any atom is -0.492 e. The van der Waals surface area contributed by atoms with E-state index in [9.17, 15) is 9.59 Å². The van der Waals surface area contributed by atoms with Gasteiger partial charge >= 0.3 is 12.0 Å². The number of carbonyl (C=O) groups excluding carboxylic acids is 2. The molecule has 6 nitrogen and oxygen atoms in total. The number of hydrogen-bond donors (Lipinski definition) is 2. The van der Waals surface area contributed by atoms with Gasteiger partial charge in [0, 0.05) is 5.69 Å². The summed E-state index contributed by atoms with van der Waals surface area (Å²) in [4.78, 5) is 23.3. The molecule has 0 aromatic heterocycles. The second-order valence-corrected chi connectivity index (χ2v) is 5.12. The van der Waals surface area contributed by atoms with Gasteiger partial charge in [-0.3, -0.25) is 0 Å². The molecule has 2 rings (SSSR count). The van der Waals surface area contributed by atoms with E-state index < -0.39 is 5.97 Å². The van der Waals surface area contributed by atoms with Crippen molar-refractivity contribution in [2.24, 2.45) is 0 Å². The summed E-state index contributed by atoms with van der Waals surface area (Å²) in [5.41, 5.74) is 2.00. The molecule has 0 aliphatic heterocycles. The molecule has 6 heteroatoms. The number of carbonyl (C=O) groups is 2. The molecule has 0 bridgehead atoms. The zero-order valence-corrected chi connectivity index (χ0v) is 13.7. The highest BCUT2D eigenvalue weighted by molar-refractivity contribution is 5.93. The summed E-state index contributed by atoms with van der Waals surface area (Å²) in [6.07, 6.45) is 0. The van der Waals surface area contributed by atoms with Crippen molar-refractivity contribution in [2.75, 3.05) is 25.6 Å². The number of methoxy groups -OCH3 is 1. The fourth-order valence-electron chi connectivity index (χ4n) is 2.06. The largest absolute Gasteiger partial charge is 0.492 e. The molecule has 0 spiro atoms. The standard InChI is InChI=1S/C18H20N2O4/c1-13-5-3-8-16(11-13)24-10-9-19-18(22)20-15-7-4-6-14(12-15)17(21)23-2/h3-8,11-12H,9-10H2,1-2H3,(H2,19,20,22). The maximum Gasteiger partial charge on any atom is 0.337 e. The molecule has 0 saturated carbocycles. The highest BCUT2D eigenvalue weighted by Crippen LogP contribution is 2.12. The van der Waals surface area contributed by atoms with Gasteiger partial charge in [-0.15, -0.1) is 0 Å². The predicted octanol–water partition coefficient (Wildman–Crippen LogP) is 2.98. The lowest BCUT2D eigenvalue weighted by molar-refractivity contribution is 0.0600. The van der Waals surface area contributed by atoms with Crippen LogP contribution in [0.5, 0.6) is 5.75 Å². The van der Waals surface area contributed by atoms with Crippen LogP contribution in [0.1, 0.15) is 15.9 Å². The van der Waals surface area contributed by atoms with Crippen molar-refractivity contribution in [2.45, 2.75) is 6.92 Å². The second-order valence-electron chi connectivity index (χ2n) is 5.12. The third-order valence-corrected chi connectivity index (χ3v) is 3.19. The van der Waals surface area contributed by atoms with Crippen LogP contribution in [0.25, 0.3) is 0 Å². The first-order chi connectivity index (χ1) is 11.6. The third-order valence-electron chi connectivity index (χ3n) is 3.19. The van der Waals surface area contributed by atoms with Gasteiger partial charge in [0.25, 0.3) is 0 Å². The summed E-state index contributed by atoms with van der Waals surface area (Å²) in [7, 11) is 1.31. The van der Waals surface area contributed by atoms with Gasteiger partial charge in [0.15, 0.2) is 0 Å². The third kappa shape index (κ3) is 5.31. The smallest absolute Gasteiger partial charge is 0.337 e. The lowest BCUT2D eigenvalue weighted by Crippen LogP contribution is -2.32. The molecule has 24 heavy (non-hydrogen) atoms. The van der Waals surface area contributed by atoms with Gasteiger partial charge in [0.05, 0.1) is 19.2 Å². The molecule has 2 aromatic carbocycles. The molecule has 0 aliphatic carbocycles. The molecule has 2 aromatic rings. The van der Waals surface area contributed by atoms with Crippen molar-refractivity contribution in [3.63, 3.8) is 0 Å². The Hall–Kier alpha value is -3.02. The fourth-order valence-corrected chi connectivity index (χ4v) is 2.06. The Balaban J connectivity index is 1.76. The van der Waals surface area contributed by atoms with Crippen molar-refractivity contribution in [1.29, 1.82) is 0 Å². The summed E-state index contributed by atoms with van der Waals surface area (Å²) in [6, 6.07) is 13.9. The van der Waals surface area contributed by atoms with E-state index in [1.807, 2.05) is 31.2 Å². The molecule has 0 unspecified atom stereocenters. The molecule has 0 saturated heterocycles. The average Bonchev–Trinajstić information content (AvgIpc) is 2.58. The SMILES string of the molecule is COC(=O)c1cccc(NC(=O)NCCOc2cccc(C)c2)c1. The van der Waals surface area contributed by atoms with E-state index in [4.69, 9.17) is 4.74 Å². The summed E-state index contributed by atoms with van der Waals surface area (Å²) in [5.74, 6) is 0.314. The minimum absolute atomic E-state index is 0.358. The maximum absolute atomic E-state index is 11.8. The van der Waals surface area contributed by atoms with Crippen LogP contribution in [0.15, 0.2) is 48.5 Å². The molecule has 0 fully saturated rings. The van der Waals surface area contributed by atoms with Crippen LogP contribution in [-0.2, 0) is 4.74 Å². The van der Waals surface area contributed by atoms with E-state index in [1.54, 1.807) is 24.3 Å². The number of amides is 2. The molecule has 0 heterocycles. The Morgan fingerprint density at radius 1 is 1.08 bits per heavy atom. The van der Waals surface area contributed by atoms with Gasteiger partial charge in [-0.1, -0.05) is 18.2 Å². The van der Waals surface area contributed by atoms with E-state index in [0.717, 1.165) is 11.3 Å². The Labute approximate surface area is 140 Å². The number of benzene rings is 2. The molecule has 0 radical (unpaired) electrons. The molecule has 0 atom stereocenters. The van der Waals surface area contributed by atoms with Crippen LogP contribution in [0.3, 0.4) is 0 Å². The summed E-state index contributed by atoms with van der Waals surface area (Å²) in [6.45, 7) is 2.70. The Bertz CT molecular complexity index is 716. The molecule has 0 aliphatic rings. The average molecular weight is 328 g/mol. The predicted molar refractivity (Wildman–Crippen MR) is 91.5 cm³/mol. The highest BCUT2D eigenvalue weighted by Gasteiger charge is 2.07. The Morgan fingerprint density at radius 2 is 1.88 bits per heavy atom. The van der Waals surface area contributed by atoms with Gasteiger partial charge in [0.2, 0.25) is 0 Å². The minimum atomic E-state index is -0.453. The van der Waals surface area contributed by atoms with Crippen molar-refractivity contribution in [1.82, 2.24) is 5.32 Å². The normalized spacial score (nSPS) is 9.92. The number of hydrogen-bond acceptors (Lipinski definition) is 4. The number of rotatable bonds is 6. The van der Waals surface area contributed by atoms with E-state index in [2.05, 4.69) is 15.4 Å². The quantitative estimate of drug-likeness (QED) is 0.631. The number of esters is 1. The van der Waals surface area contributed by atoms with E-state index in [0.29, 0.717) is 24.4 Å². The topological polar surface area (TPSA) is 76.7 Å². The molecule has 2 amide bonds. The van der Waals surface area contributed by atoms with Crippen LogP contribution < -0.4 is 15.4 Å². The number of anilines is 1. The van der Waals surface area contributed by atoms with Gasteiger partial charge in [-0.25, -0.2) is 9.59 Å². The Morgan fingerprint density at radius 3 is 2.62 bits per heavy atom. The Kier molecular flexibility index (Phi) is 6.19. The van der Waals surface area contributed by atoms with Crippen LogP contribution in [-0.4, -0.2) is 32.3 Å². The van der Waals surface area contributed by atoms with E-state index in [-0.39, 0.29) is 6.03 Å². The molecule has 126 valence electrons. The first-order valence-electron chi connectivity index (χ1n) is 7.51. The molecular weight excluding hydrogens is 308 g/mol. The van der Waals surface area contributed by atoms with Crippen molar-refractivity contribution >= 4 is 17.7 Å². The first kappa shape index (κ1) is 17.3. The van der Waals surface area contributed by atoms with Crippen LogP contribution in [0.2, 0.25) is 0 Å². The molecule has 2 N–H and O–H groups in total. The zero-order valence-electron chi connectivity index (χ0n) is 13.7. The van der Waals surface area contributed by atoms with Crippen LogP contribution in [0, 0.1) is 6.92 Å². The first-order valence-corrected chi connectivity index (χ1v) is 7.51. The van der Waals surface area contributed by atoms with Crippen molar-refractivity contribution in [3.8, 4) is 5.75 Å². The summed E-state index contributed by atoms with van der Waals surface area (Å²) in [5, 5.41) is 5.34. The maximum atomic E-state index is 11.8. The van der Waals surface area contributed by atoms with Gasteiger partial charge in [0.1, 0.15) is 12.4 Å². The monoisotopic (exact) mass is 328 g/mol. The fraction of sp³-hybridized carbons (Fsp3) is 0.222. The van der Waals surface area contributed by atoms with Gasteiger partial charge in [-0.2, -0.15) is 0 Å². The summed E-state index contributed by atoms with van der Waals surface area (Å²) >= 11 is 0. The zero-order chi connectivity index (χ0) is 17.4. The highest BCUT2D eigenvalue weighted by atomic mass is 16.5. The van der Waals surface area contributed by atoms with Crippen molar-refractivity contribution in [3.05, 3.63) is 59.7 Å². The number of aryl methyl sites for hydroxylation is 1. The number of ether oxygens (including phenoxy) is 2. The second kappa shape index (κ2) is 8.57. The lowest BCUT2D eigenvalue weighted by Gasteiger charge is -2.10. The number of nitrogens with one attached hydrogen (secondary N) is 2. The lowest BCUT2D eigenvalue weighted by atomic mass is 10.2. The van der Waals surface area contributed by atoms with Gasteiger partial charge in [-0.05, 0) is 42.8 Å². The van der Waals surface area contributed by atoms with Crippen LogP contribution >= 0.6 is 0 Å². The molecular formula is C18H20N2O4.